The molecule has 0 saturated carbocycles. The number of nitrogens with one attached hydrogen (secondary N) is 1. The Kier molecular flexibility index (Phi) is 4.90. The van der Waals surface area contributed by atoms with Gasteiger partial charge in [0.05, 0.1) is 7.11 Å². The number of carbonyl (C=O) groups is 1. The number of benzene rings is 1. The van der Waals surface area contributed by atoms with Crippen molar-refractivity contribution < 1.29 is 9.53 Å². The fraction of sp³-hybridized carbons (Fsp3) is 0.353. The van der Waals surface area contributed by atoms with Crippen LogP contribution in [0.25, 0.3) is 0 Å². The second kappa shape index (κ2) is 7.27. The maximum atomic E-state index is 12.4. The first kappa shape index (κ1) is 16.2. The first-order chi connectivity index (χ1) is 11.7. The van der Waals surface area contributed by atoms with Crippen molar-refractivity contribution in [2.45, 2.75) is 0 Å². The zero-order valence-corrected chi connectivity index (χ0v) is 13.9. The van der Waals surface area contributed by atoms with E-state index in [4.69, 9.17) is 4.74 Å². The Morgan fingerprint density at radius 1 is 1.21 bits per heavy atom. The number of carbonyl (C=O) groups excluding carboxylic acids is 1. The van der Waals surface area contributed by atoms with Crippen LogP contribution in [0.3, 0.4) is 0 Å². The van der Waals surface area contributed by atoms with Gasteiger partial charge in [-0.1, -0.05) is 6.07 Å². The Balaban J connectivity index is 1.72. The molecule has 2 aromatic rings. The molecule has 126 valence electrons. The molecule has 24 heavy (non-hydrogen) atoms. The van der Waals surface area contributed by atoms with Gasteiger partial charge in [-0.3, -0.25) is 4.79 Å². The first-order valence-electron chi connectivity index (χ1n) is 7.87. The highest BCUT2D eigenvalue weighted by atomic mass is 16.5. The van der Waals surface area contributed by atoms with Gasteiger partial charge in [-0.15, -0.1) is 0 Å². The number of ether oxygens (including phenoxy) is 1. The predicted octanol–water partition coefficient (Wildman–Crippen LogP) is 1.49. The lowest BCUT2D eigenvalue weighted by molar-refractivity contribution is 0.102. The van der Waals surface area contributed by atoms with Crippen LogP contribution < -0.4 is 15.0 Å². The molecule has 1 N–H and O–H groups in total. The van der Waals surface area contributed by atoms with E-state index >= 15 is 0 Å². The van der Waals surface area contributed by atoms with Crippen molar-refractivity contribution in [3.63, 3.8) is 0 Å². The summed E-state index contributed by atoms with van der Waals surface area (Å²) in [7, 11) is 3.68. The zero-order chi connectivity index (χ0) is 16.9. The van der Waals surface area contributed by atoms with Crippen LogP contribution in [0.4, 0.5) is 11.6 Å². The number of rotatable bonds is 4. The summed E-state index contributed by atoms with van der Waals surface area (Å²) in [6.45, 7) is 3.64. The first-order valence-corrected chi connectivity index (χ1v) is 7.87. The molecule has 1 aliphatic heterocycles. The summed E-state index contributed by atoms with van der Waals surface area (Å²) in [6, 6.07) is 8.84. The Morgan fingerprint density at radius 3 is 2.75 bits per heavy atom. The molecule has 0 radical (unpaired) electrons. The molecule has 3 rings (SSSR count). The number of hydrogen-bond acceptors (Lipinski definition) is 6. The molecule has 0 bridgehead atoms. The fourth-order valence-corrected chi connectivity index (χ4v) is 2.53. The van der Waals surface area contributed by atoms with Gasteiger partial charge >= 0.3 is 0 Å². The molecule has 2 heterocycles. The van der Waals surface area contributed by atoms with Crippen LogP contribution in [-0.2, 0) is 0 Å². The number of likely N-dealkylation sites (N-methyl/N-ethyl adjacent to an activating group) is 1. The second-order valence-electron chi connectivity index (χ2n) is 5.72. The third kappa shape index (κ3) is 3.80. The van der Waals surface area contributed by atoms with Crippen molar-refractivity contribution in [1.82, 2.24) is 14.9 Å². The molecule has 7 heteroatoms. The fourth-order valence-electron chi connectivity index (χ4n) is 2.53. The molecular formula is C17H21N5O2. The monoisotopic (exact) mass is 327 g/mol. The van der Waals surface area contributed by atoms with Crippen molar-refractivity contribution >= 4 is 17.5 Å². The minimum atomic E-state index is -0.263. The van der Waals surface area contributed by atoms with Crippen LogP contribution in [0.5, 0.6) is 5.75 Å². The van der Waals surface area contributed by atoms with E-state index in [1.165, 1.54) is 0 Å². The Labute approximate surface area is 141 Å². The van der Waals surface area contributed by atoms with Crippen molar-refractivity contribution in [2.75, 3.05) is 50.6 Å². The molecule has 1 fully saturated rings. The Morgan fingerprint density at radius 2 is 2.00 bits per heavy atom. The molecule has 1 saturated heterocycles. The molecule has 1 aromatic heterocycles. The van der Waals surface area contributed by atoms with Gasteiger partial charge < -0.3 is 19.9 Å². The van der Waals surface area contributed by atoms with Crippen LogP contribution in [0, 0.1) is 0 Å². The van der Waals surface area contributed by atoms with Crippen molar-refractivity contribution in [1.29, 1.82) is 0 Å². The molecule has 1 aromatic carbocycles. The van der Waals surface area contributed by atoms with E-state index in [1.54, 1.807) is 25.4 Å². The minimum Gasteiger partial charge on any atom is -0.497 e. The molecular weight excluding hydrogens is 306 g/mol. The Bertz CT molecular complexity index is 714. The van der Waals surface area contributed by atoms with Crippen LogP contribution >= 0.6 is 0 Å². The van der Waals surface area contributed by atoms with Crippen LogP contribution in [0.1, 0.15) is 10.5 Å². The molecule has 0 atom stereocenters. The van der Waals surface area contributed by atoms with Gasteiger partial charge in [0.2, 0.25) is 5.95 Å². The van der Waals surface area contributed by atoms with E-state index in [-0.39, 0.29) is 5.91 Å². The van der Waals surface area contributed by atoms with E-state index in [0.717, 1.165) is 26.2 Å². The van der Waals surface area contributed by atoms with Crippen LogP contribution in [-0.4, -0.2) is 61.1 Å². The highest BCUT2D eigenvalue weighted by Gasteiger charge is 2.18. The quantitative estimate of drug-likeness (QED) is 0.917. The average molecular weight is 327 g/mol. The predicted molar refractivity (Wildman–Crippen MR) is 92.7 cm³/mol. The minimum absolute atomic E-state index is 0.263. The lowest BCUT2D eigenvalue weighted by Crippen LogP contribution is -2.45. The number of piperazine rings is 1. The van der Waals surface area contributed by atoms with Gasteiger partial charge in [-0.05, 0) is 25.2 Å². The summed E-state index contributed by atoms with van der Waals surface area (Å²) in [5.41, 5.74) is 1.01. The van der Waals surface area contributed by atoms with Gasteiger partial charge in [0.1, 0.15) is 11.4 Å². The van der Waals surface area contributed by atoms with E-state index in [1.807, 2.05) is 18.2 Å². The average Bonchev–Trinajstić information content (AvgIpc) is 2.62. The zero-order valence-electron chi connectivity index (χ0n) is 13.9. The number of nitrogens with zero attached hydrogens (tertiary/aromatic N) is 4. The van der Waals surface area contributed by atoms with Crippen molar-refractivity contribution in [3.8, 4) is 5.75 Å². The maximum Gasteiger partial charge on any atom is 0.274 e. The number of anilines is 2. The lowest BCUT2D eigenvalue weighted by Gasteiger charge is -2.32. The number of hydrogen-bond donors (Lipinski definition) is 1. The van der Waals surface area contributed by atoms with Crippen molar-refractivity contribution in [2.24, 2.45) is 0 Å². The summed E-state index contributed by atoms with van der Waals surface area (Å²) in [5.74, 6) is 1.02. The van der Waals surface area contributed by atoms with E-state index in [0.29, 0.717) is 23.1 Å². The third-order valence-electron chi connectivity index (χ3n) is 3.99. The van der Waals surface area contributed by atoms with E-state index in [9.17, 15) is 4.79 Å². The van der Waals surface area contributed by atoms with Gasteiger partial charge in [-0.25, -0.2) is 9.97 Å². The summed E-state index contributed by atoms with van der Waals surface area (Å²) < 4.78 is 5.16. The number of amides is 1. The summed E-state index contributed by atoms with van der Waals surface area (Å²) >= 11 is 0. The normalized spacial score (nSPS) is 15.2. The lowest BCUT2D eigenvalue weighted by atomic mass is 10.3. The smallest absolute Gasteiger partial charge is 0.274 e. The maximum absolute atomic E-state index is 12.4. The molecule has 0 spiro atoms. The third-order valence-corrected chi connectivity index (χ3v) is 3.99. The van der Waals surface area contributed by atoms with Crippen molar-refractivity contribution in [3.05, 3.63) is 42.2 Å². The summed E-state index contributed by atoms with van der Waals surface area (Å²) in [5, 5.41) is 2.83. The highest BCUT2D eigenvalue weighted by Crippen LogP contribution is 2.18. The standard InChI is InChI=1S/C17H21N5O2/c1-21-8-10-22(11-9-21)17-18-7-6-15(20-17)16(23)19-13-4-3-5-14(12-13)24-2/h3-7,12H,8-11H2,1-2H3,(H,19,23). The molecule has 0 aliphatic carbocycles. The summed E-state index contributed by atoms with van der Waals surface area (Å²) in [6.07, 6.45) is 1.63. The molecule has 7 nitrogen and oxygen atoms in total. The van der Waals surface area contributed by atoms with Gasteiger partial charge in [0, 0.05) is 44.1 Å². The van der Waals surface area contributed by atoms with Gasteiger partial charge in [0.15, 0.2) is 0 Å². The van der Waals surface area contributed by atoms with Crippen LogP contribution in [0.2, 0.25) is 0 Å². The van der Waals surface area contributed by atoms with E-state index < -0.39 is 0 Å². The molecule has 1 amide bonds. The van der Waals surface area contributed by atoms with Crippen LogP contribution in [0.15, 0.2) is 36.5 Å². The highest BCUT2D eigenvalue weighted by molar-refractivity contribution is 6.03. The topological polar surface area (TPSA) is 70.6 Å². The Hall–Kier alpha value is -2.67. The van der Waals surface area contributed by atoms with Gasteiger partial charge in [-0.2, -0.15) is 0 Å². The number of aromatic nitrogens is 2. The SMILES string of the molecule is COc1cccc(NC(=O)c2ccnc(N3CCN(C)CC3)n2)c1. The molecule has 0 unspecified atom stereocenters. The van der Waals surface area contributed by atoms with E-state index in [2.05, 4.69) is 32.1 Å². The largest absolute Gasteiger partial charge is 0.497 e. The number of methoxy groups -OCH3 is 1. The second-order valence-corrected chi connectivity index (χ2v) is 5.72. The summed E-state index contributed by atoms with van der Waals surface area (Å²) in [4.78, 5) is 25.5. The van der Waals surface area contributed by atoms with Gasteiger partial charge in [0.25, 0.3) is 5.91 Å². The molecule has 1 aliphatic rings.